The molecule has 1 saturated heterocycles. The number of nitrogens with two attached hydrogens (primary N) is 2. The Balaban J connectivity index is 1.62. The fraction of sp³-hybridized carbons (Fsp3) is 0.292. The van der Waals surface area contributed by atoms with Crippen molar-refractivity contribution in [3.05, 3.63) is 59.7 Å². The highest BCUT2D eigenvalue weighted by Gasteiger charge is 2.29. The van der Waals surface area contributed by atoms with Crippen molar-refractivity contribution in [1.29, 1.82) is 0 Å². The van der Waals surface area contributed by atoms with Crippen LogP contribution in [0.3, 0.4) is 0 Å². The molecule has 0 aliphatic carbocycles. The van der Waals surface area contributed by atoms with Gasteiger partial charge in [-0.1, -0.05) is 6.92 Å². The number of ether oxygens (including phenoxy) is 1. The number of nitrogens with zero attached hydrogens (tertiary/aromatic N) is 3. The summed E-state index contributed by atoms with van der Waals surface area (Å²) in [5.41, 5.74) is 12.9. The van der Waals surface area contributed by atoms with Crippen LogP contribution in [0.5, 0.6) is 11.5 Å². The maximum atomic E-state index is 13.4. The fourth-order valence-corrected chi connectivity index (χ4v) is 4.18. The van der Waals surface area contributed by atoms with Gasteiger partial charge in [-0.25, -0.2) is 13.5 Å². The first kappa shape index (κ1) is 23.2. The van der Waals surface area contributed by atoms with E-state index in [0.29, 0.717) is 36.5 Å². The molecule has 8 nitrogen and oxygen atoms in total. The minimum Gasteiger partial charge on any atom is -0.457 e. The molecule has 4 N–H and O–H groups in total. The normalized spacial score (nSPS) is 15.9. The van der Waals surface area contributed by atoms with Crippen LogP contribution in [0, 0.1) is 11.6 Å². The lowest BCUT2D eigenvalue weighted by molar-refractivity contribution is -0.132. The highest BCUT2D eigenvalue weighted by Crippen LogP contribution is 2.33. The number of carbonyl (C=O) groups excluding carboxylic acids is 2. The summed E-state index contributed by atoms with van der Waals surface area (Å²) in [4.78, 5) is 26.2. The Hall–Kier alpha value is -3.95. The van der Waals surface area contributed by atoms with Crippen LogP contribution in [0.15, 0.2) is 42.5 Å². The van der Waals surface area contributed by atoms with Gasteiger partial charge in [0.25, 0.3) is 5.91 Å². The van der Waals surface area contributed by atoms with Crippen molar-refractivity contribution in [3.63, 3.8) is 0 Å². The molecule has 1 aliphatic rings. The van der Waals surface area contributed by atoms with Gasteiger partial charge < -0.3 is 21.1 Å². The Kier molecular flexibility index (Phi) is 6.49. The van der Waals surface area contributed by atoms with Crippen molar-refractivity contribution in [2.75, 3.05) is 18.8 Å². The van der Waals surface area contributed by atoms with Gasteiger partial charge in [0.1, 0.15) is 40.2 Å². The first-order valence-electron chi connectivity index (χ1n) is 11.0. The number of amides is 2. The maximum Gasteiger partial charge on any atom is 0.254 e. The molecule has 4 rings (SSSR count). The molecule has 0 saturated carbocycles. The van der Waals surface area contributed by atoms with Crippen LogP contribution in [-0.4, -0.2) is 39.6 Å². The van der Waals surface area contributed by atoms with Crippen LogP contribution in [0.25, 0.3) is 11.3 Å². The van der Waals surface area contributed by atoms with Crippen molar-refractivity contribution in [2.24, 2.45) is 5.73 Å². The smallest absolute Gasteiger partial charge is 0.254 e. The number of nitrogen functional groups attached to an aromatic ring is 1. The van der Waals surface area contributed by atoms with Gasteiger partial charge in [0.2, 0.25) is 5.91 Å². The van der Waals surface area contributed by atoms with E-state index in [1.807, 2.05) is 6.92 Å². The van der Waals surface area contributed by atoms with E-state index in [1.165, 1.54) is 0 Å². The molecule has 10 heteroatoms. The van der Waals surface area contributed by atoms with Gasteiger partial charge in [0.15, 0.2) is 0 Å². The third-order valence-corrected chi connectivity index (χ3v) is 5.79. The molecule has 3 aromatic rings. The lowest BCUT2D eigenvalue weighted by atomic mass is 10.0. The second-order valence-corrected chi connectivity index (χ2v) is 8.14. The van der Waals surface area contributed by atoms with Gasteiger partial charge in [0.05, 0.1) is 6.04 Å². The fourth-order valence-electron chi connectivity index (χ4n) is 4.18. The molecule has 2 aromatic carbocycles. The molecule has 1 atom stereocenters. The number of hydrogen-bond acceptors (Lipinski definition) is 5. The molecule has 2 heterocycles. The van der Waals surface area contributed by atoms with E-state index in [9.17, 15) is 18.4 Å². The van der Waals surface area contributed by atoms with E-state index in [-0.39, 0.29) is 29.1 Å². The molecule has 0 radical (unpaired) electrons. The average molecular weight is 469 g/mol. The summed E-state index contributed by atoms with van der Waals surface area (Å²) in [6.45, 7) is 2.94. The van der Waals surface area contributed by atoms with Gasteiger partial charge in [-0.3, -0.25) is 9.59 Å². The number of piperidine rings is 1. The minimum absolute atomic E-state index is 0.0140. The summed E-state index contributed by atoms with van der Waals surface area (Å²) in [7, 11) is 0. The Morgan fingerprint density at radius 3 is 2.41 bits per heavy atom. The highest BCUT2D eigenvalue weighted by molar-refractivity contribution is 6.03. The lowest BCUT2D eigenvalue weighted by Crippen LogP contribution is -2.40. The van der Waals surface area contributed by atoms with Gasteiger partial charge in [-0.15, -0.1) is 0 Å². The second kappa shape index (κ2) is 9.50. The van der Waals surface area contributed by atoms with E-state index in [2.05, 4.69) is 5.10 Å². The third-order valence-electron chi connectivity index (χ3n) is 5.79. The zero-order chi connectivity index (χ0) is 24.4. The summed E-state index contributed by atoms with van der Waals surface area (Å²) in [6.07, 6.45) is 1.97. The number of likely N-dealkylation sites (tertiary alicyclic amines) is 1. The van der Waals surface area contributed by atoms with Crippen LogP contribution < -0.4 is 16.2 Å². The zero-order valence-electron chi connectivity index (χ0n) is 18.6. The summed E-state index contributed by atoms with van der Waals surface area (Å²) in [5, 5.41) is 4.59. The Labute approximate surface area is 195 Å². The van der Waals surface area contributed by atoms with Crippen LogP contribution in [0.4, 0.5) is 14.6 Å². The number of benzene rings is 2. The Morgan fingerprint density at radius 2 is 1.79 bits per heavy atom. The third kappa shape index (κ3) is 4.70. The molecular weight excluding hydrogens is 444 g/mol. The molecule has 1 aliphatic heterocycles. The van der Waals surface area contributed by atoms with Gasteiger partial charge in [0, 0.05) is 43.3 Å². The molecule has 0 spiro atoms. The second-order valence-electron chi connectivity index (χ2n) is 8.14. The monoisotopic (exact) mass is 469 g/mol. The maximum absolute atomic E-state index is 13.4. The Morgan fingerprint density at radius 1 is 1.12 bits per heavy atom. The number of carbonyl (C=O) groups is 2. The molecular formula is C24H25F2N5O3. The average Bonchev–Trinajstić information content (AvgIpc) is 3.15. The first-order valence-corrected chi connectivity index (χ1v) is 11.0. The molecule has 0 bridgehead atoms. The predicted octanol–water partition coefficient (Wildman–Crippen LogP) is 3.88. The summed E-state index contributed by atoms with van der Waals surface area (Å²) in [5.74, 6) is -1.66. The van der Waals surface area contributed by atoms with Crippen LogP contribution >= 0.6 is 0 Å². The van der Waals surface area contributed by atoms with E-state index >= 15 is 0 Å². The molecule has 34 heavy (non-hydrogen) atoms. The summed E-state index contributed by atoms with van der Waals surface area (Å²) in [6, 6.07) is 9.19. The van der Waals surface area contributed by atoms with E-state index in [1.54, 1.807) is 33.8 Å². The van der Waals surface area contributed by atoms with Gasteiger partial charge in [-0.05, 0) is 37.1 Å². The zero-order valence-corrected chi connectivity index (χ0v) is 18.6. The van der Waals surface area contributed by atoms with Crippen molar-refractivity contribution < 1.29 is 23.1 Å². The molecule has 1 unspecified atom stereocenters. The topological polar surface area (TPSA) is 116 Å². The molecule has 2 amide bonds. The largest absolute Gasteiger partial charge is 0.457 e. The van der Waals surface area contributed by atoms with Crippen molar-refractivity contribution in [1.82, 2.24) is 14.7 Å². The van der Waals surface area contributed by atoms with Gasteiger partial charge in [-0.2, -0.15) is 5.10 Å². The number of rotatable bonds is 6. The van der Waals surface area contributed by atoms with Crippen LogP contribution in [0.1, 0.15) is 42.6 Å². The van der Waals surface area contributed by atoms with E-state index < -0.39 is 17.5 Å². The van der Waals surface area contributed by atoms with E-state index in [0.717, 1.165) is 31.0 Å². The quantitative estimate of drug-likeness (QED) is 0.568. The molecule has 178 valence electrons. The predicted molar refractivity (Wildman–Crippen MR) is 122 cm³/mol. The number of anilines is 1. The van der Waals surface area contributed by atoms with Crippen molar-refractivity contribution >= 4 is 17.6 Å². The number of aromatic nitrogens is 2. The highest BCUT2D eigenvalue weighted by atomic mass is 19.1. The lowest BCUT2D eigenvalue weighted by Gasteiger charge is -2.33. The van der Waals surface area contributed by atoms with E-state index in [4.69, 9.17) is 16.2 Å². The van der Waals surface area contributed by atoms with Crippen molar-refractivity contribution in [2.45, 2.75) is 32.2 Å². The van der Waals surface area contributed by atoms with Crippen molar-refractivity contribution in [3.8, 4) is 22.8 Å². The van der Waals surface area contributed by atoms with Crippen LogP contribution in [0.2, 0.25) is 0 Å². The molecule has 1 fully saturated rings. The standard InChI is InChI=1S/C24H25F2N5O3/c1-2-20(32)30-9-3-4-17(13-30)31-23(27)21(24(28)33)22(29-31)14-5-7-18(8-6-14)34-19-11-15(25)10-16(26)12-19/h5-8,10-12,17H,2-4,9,13,27H2,1H3,(H2,28,33). The minimum atomic E-state index is -0.749. The molecule has 1 aromatic heterocycles. The van der Waals surface area contributed by atoms with Crippen LogP contribution in [-0.2, 0) is 4.79 Å². The number of halogens is 2. The summed E-state index contributed by atoms with van der Waals surface area (Å²) >= 11 is 0. The summed E-state index contributed by atoms with van der Waals surface area (Å²) < 4.78 is 33.9. The Bertz CT molecular complexity index is 1210. The van der Waals surface area contributed by atoms with Gasteiger partial charge >= 0.3 is 0 Å². The first-order chi connectivity index (χ1) is 16.3. The SMILES string of the molecule is CCC(=O)N1CCCC(n2nc(-c3ccc(Oc4cc(F)cc(F)c4)cc3)c(C(N)=O)c2N)C1. The number of primary amides is 1. The number of hydrogen-bond donors (Lipinski definition) is 2.